The molecule has 0 radical (unpaired) electrons. The topological polar surface area (TPSA) is 111 Å². The van der Waals surface area contributed by atoms with Gasteiger partial charge in [-0.25, -0.2) is 28.4 Å². The second-order valence-corrected chi connectivity index (χ2v) is 9.24. The molecule has 0 saturated heterocycles. The smallest absolute Gasteiger partial charge is 0.316 e. The molecule has 0 atom stereocenters. The summed E-state index contributed by atoms with van der Waals surface area (Å²) in [5.41, 5.74) is 4.33. The van der Waals surface area contributed by atoms with Crippen LogP contribution in [0.15, 0.2) is 53.9 Å². The Morgan fingerprint density at radius 2 is 1.66 bits per heavy atom. The molecule has 0 aliphatic carbocycles. The fraction of sp³-hybridized carbons (Fsp3) is 0.200. The van der Waals surface area contributed by atoms with Crippen LogP contribution in [-0.2, 0) is 9.84 Å². The van der Waals surface area contributed by atoms with Gasteiger partial charge in [0.2, 0.25) is 0 Å². The molecule has 0 fully saturated rings. The molecule has 4 rings (SSSR count). The van der Waals surface area contributed by atoms with E-state index in [1.807, 2.05) is 0 Å². The van der Waals surface area contributed by atoms with Gasteiger partial charge >= 0.3 is 6.01 Å². The molecule has 3 aromatic heterocycles. The highest BCUT2D eigenvalue weighted by Crippen LogP contribution is 2.28. The Balaban J connectivity index is 1.74. The Hall–Kier alpha value is -3.33. The van der Waals surface area contributed by atoms with Crippen molar-refractivity contribution in [3.05, 3.63) is 49.1 Å². The SMILES string of the molecule is COc1ncc(-c2c[nH]c3ncc(-c4ccc(S(=O)(=O)C(C)C)cc4)nc23)cn1. The highest BCUT2D eigenvalue weighted by Gasteiger charge is 2.19. The minimum atomic E-state index is -3.32. The first-order chi connectivity index (χ1) is 13.9. The summed E-state index contributed by atoms with van der Waals surface area (Å²) in [5, 5.41) is -0.473. The van der Waals surface area contributed by atoms with Crippen LogP contribution in [0.3, 0.4) is 0 Å². The number of rotatable bonds is 5. The number of methoxy groups -OCH3 is 1. The largest absolute Gasteiger partial charge is 0.467 e. The molecule has 0 bridgehead atoms. The third-order valence-corrected chi connectivity index (χ3v) is 6.77. The minimum absolute atomic E-state index is 0.289. The van der Waals surface area contributed by atoms with Crippen molar-refractivity contribution >= 4 is 21.0 Å². The molecule has 4 aromatic rings. The molecular formula is C20H19N5O3S. The van der Waals surface area contributed by atoms with Gasteiger partial charge in [-0.05, 0) is 26.0 Å². The lowest BCUT2D eigenvalue weighted by Crippen LogP contribution is -2.13. The third-order valence-electron chi connectivity index (χ3n) is 4.60. The standard InChI is InChI=1S/C20H19N5O3S/c1-12(2)29(26,27)15-6-4-13(5-7-15)17-11-22-19-18(25-17)16(10-21-19)14-8-23-20(28-3)24-9-14/h4-12H,1-3H3,(H,21,22). The number of sulfone groups is 1. The lowest BCUT2D eigenvalue weighted by Gasteiger charge is -2.08. The first kappa shape index (κ1) is 19.0. The predicted molar refractivity (Wildman–Crippen MR) is 109 cm³/mol. The second kappa shape index (κ2) is 7.25. The lowest BCUT2D eigenvalue weighted by molar-refractivity contribution is 0.380. The molecular weight excluding hydrogens is 390 g/mol. The first-order valence-electron chi connectivity index (χ1n) is 8.95. The second-order valence-electron chi connectivity index (χ2n) is 6.73. The quantitative estimate of drug-likeness (QED) is 0.538. The summed E-state index contributed by atoms with van der Waals surface area (Å²) in [6.07, 6.45) is 6.78. The average molecular weight is 409 g/mol. The van der Waals surface area contributed by atoms with E-state index in [1.165, 1.54) is 7.11 Å². The van der Waals surface area contributed by atoms with Crippen molar-refractivity contribution in [3.8, 4) is 28.4 Å². The molecule has 0 unspecified atom stereocenters. The number of H-pyrrole nitrogens is 1. The average Bonchev–Trinajstić information content (AvgIpc) is 3.17. The van der Waals surface area contributed by atoms with E-state index in [-0.39, 0.29) is 6.01 Å². The van der Waals surface area contributed by atoms with Crippen molar-refractivity contribution in [3.63, 3.8) is 0 Å². The summed E-state index contributed by atoms with van der Waals surface area (Å²) < 4.78 is 29.6. The van der Waals surface area contributed by atoms with Crippen LogP contribution in [-0.4, -0.2) is 45.7 Å². The molecule has 3 heterocycles. The summed E-state index contributed by atoms with van der Waals surface area (Å²) >= 11 is 0. The van der Waals surface area contributed by atoms with Crippen LogP contribution in [0.25, 0.3) is 33.5 Å². The zero-order valence-electron chi connectivity index (χ0n) is 16.1. The van der Waals surface area contributed by atoms with Gasteiger partial charge in [-0.3, -0.25) is 0 Å². The van der Waals surface area contributed by atoms with E-state index in [0.717, 1.165) is 16.7 Å². The Labute approximate surface area is 168 Å². The number of ether oxygens (including phenoxy) is 1. The van der Waals surface area contributed by atoms with E-state index < -0.39 is 15.1 Å². The summed E-state index contributed by atoms with van der Waals surface area (Å²) in [7, 11) is -1.81. The van der Waals surface area contributed by atoms with Crippen molar-refractivity contribution in [1.82, 2.24) is 24.9 Å². The summed E-state index contributed by atoms with van der Waals surface area (Å²) in [6.45, 7) is 3.33. The molecule has 148 valence electrons. The number of hydrogen-bond donors (Lipinski definition) is 1. The van der Waals surface area contributed by atoms with Crippen molar-refractivity contribution < 1.29 is 13.2 Å². The van der Waals surface area contributed by atoms with Crippen LogP contribution in [0.4, 0.5) is 0 Å². The van der Waals surface area contributed by atoms with E-state index in [2.05, 4.69) is 19.9 Å². The lowest BCUT2D eigenvalue weighted by atomic mass is 10.1. The van der Waals surface area contributed by atoms with Crippen LogP contribution < -0.4 is 4.74 Å². The Kier molecular flexibility index (Phi) is 4.75. The van der Waals surface area contributed by atoms with E-state index >= 15 is 0 Å². The zero-order chi connectivity index (χ0) is 20.6. The fourth-order valence-corrected chi connectivity index (χ4v) is 3.96. The van der Waals surface area contributed by atoms with E-state index in [4.69, 9.17) is 9.72 Å². The van der Waals surface area contributed by atoms with Crippen LogP contribution in [0.5, 0.6) is 6.01 Å². The van der Waals surface area contributed by atoms with Gasteiger partial charge < -0.3 is 9.72 Å². The molecule has 1 aromatic carbocycles. The van der Waals surface area contributed by atoms with Gasteiger partial charge in [-0.1, -0.05) is 12.1 Å². The van der Waals surface area contributed by atoms with Crippen molar-refractivity contribution in [1.29, 1.82) is 0 Å². The van der Waals surface area contributed by atoms with Crippen LogP contribution in [0.2, 0.25) is 0 Å². The summed E-state index contributed by atoms with van der Waals surface area (Å²) in [6, 6.07) is 6.98. The predicted octanol–water partition coefficient (Wildman–Crippen LogP) is 3.27. The fourth-order valence-electron chi connectivity index (χ4n) is 2.90. The number of nitrogens with zero attached hydrogens (tertiary/aromatic N) is 4. The highest BCUT2D eigenvalue weighted by molar-refractivity contribution is 7.92. The molecule has 0 aliphatic rings. The van der Waals surface area contributed by atoms with Gasteiger partial charge in [0.15, 0.2) is 15.5 Å². The normalized spacial score (nSPS) is 11.9. The first-order valence-corrected chi connectivity index (χ1v) is 10.5. The monoisotopic (exact) mass is 409 g/mol. The maximum absolute atomic E-state index is 12.3. The van der Waals surface area contributed by atoms with Gasteiger partial charge in [0.05, 0.1) is 29.1 Å². The van der Waals surface area contributed by atoms with Crippen LogP contribution >= 0.6 is 0 Å². The third kappa shape index (κ3) is 3.44. The number of nitrogens with one attached hydrogen (secondary N) is 1. The minimum Gasteiger partial charge on any atom is -0.467 e. The number of aromatic amines is 1. The number of aromatic nitrogens is 5. The zero-order valence-corrected chi connectivity index (χ0v) is 16.9. The molecule has 1 N–H and O–H groups in total. The Morgan fingerprint density at radius 3 is 2.28 bits per heavy atom. The molecule has 8 nitrogen and oxygen atoms in total. The molecule has 0 amide bonds. The molecule has 0 saturated carbocycles. The van der Waals surface area contributed by atoms with Gasteiger partial charge in [-0.2, -0.15) is 0 Å². The van der Waals surface area contributed by atoms with Gasteiger partial charge in [0.25, 0.3) is 0 Å². The number of fused-ring (bicyclic) bond motifs is 1. The maximum Gasteiger partial charge on any atom is 0.316 e. The maximum atomic E-state index is 12.3. The molecule has 0 aliphatic heterocycles. The Bertz CT molecular complexity index is 1260. The van der Waals surface area contributed by atoms with Crippen molar-refractivity contribution in [2.24, 2.45) is 0 Å². The van der Waals surface area contributed by atoms with E-state index in [9.17, 15) is 8.42 Å². The summed E-state index contributed by atoms with van der Waals surface area (Å²) in [5.74, 6) is 0. The van der Waals surface area contributed by atoms with E-state index in [1.54, 1.807) is 62.9 Å². The van der Waals surface area contributed by atoms with Crippen LogP contribution in [0, 0.1) is 0 Å². The van der Waals surface area contributed by atoms with Gasteiger partial charge in [-0.15, -0.1) is 0 Å². The molecule has 29 heavy (non-hydrogen) atoms. The highest BCUT2D eigenvalue weighted by atomic mass is 32.2. The van der Waals surface area contributed by atoms with Crippen molar-refractivity contribution in [2.45, 2.75) is 24.0 Å². The number of benzene rings is 1. The van der Waals surface area contributed by atoms with Gasteiger partial charge in [0, 0.05) is 35.3 Å². The number of hydrogen-bond acceptors (Lipinski definition) is 7. The van der Waals surface area contributed by atoms with Crippen molar-refractivity contribution in [2.75, 3.05) is 7.11 Å². The molecule has 0 spiro atoms. The molecule has 9 heteroatoms. The summed E-state index contributed by atoms with van der Waals surface area (Å²) in [4.78, 5) is 20.8. The van der Waals surface area contributed by atoms with E-state index in [0.29, 0.717) is 21.8 Å². The van der Waals surface area contributed by atoms with Crippen LogP contribution in [0.1, 0.15) is 13.8 Å². The van der Waals surface area contributed by atoms with Gasteiger partial charge in [0.1, 0.15) is 5.52 Å². The Morgan fingerprint density at radius 1 is 0.966 bits per heavy atom.